The molecule has 0 atom stereocenters. The lowest BCUT2D eigenvalue weighted by molar-refractivity contribution is 0.271. The summed E-state index contributed by atoms with van der Waals surface area (Å²) in [6.07, 6.45) is 6.46. The average molecular weight is 387 g/mol. The van der Waals surface area contributed by atoms with Gasteiger partial charge >= 0.3 is 0 Å². The number of rotatable bonds is 1. The van der Waals surface area contributed by atoms with Crippen molar-refractivity contribution in [2.75, 3.05) is 0 Å². The molecule has 1 aliphatic carbocycles. The zero-order chi connectivity index (χ0) is 18.1. The molecule has 1 aliphatic rings. The summed E-state index contributed by atoms with van der Waals surface area (Å²) < 4.78 is 1.68. The van der Waals surface area contributed by atoms with Crippen molar-refractivity contribution in [2.24, 2.45) is 0 Å². The summed E-state index contributed by atoms with van der Waals surface area (Å²) in [6.45, 7) is 1.91. The molecule has 4 aromatic rings. The Morgan fingerprint density at radius 2 is 1.96 bits per heavy atom. The quantitative estimate of drug-likeness (QED) is 0.528. The molecule has 0 unspecified atom stereocenters. The summed E-state index contributed by atoms with van der Waals surface area (Å²) in [6, 6.07) is 7.75. The van der Waals surface area contributed by atoms with Crippen LogP contribution in [-0.2, 0) is 19.4 Å². The molecule has 0 spiro atoms. The van der Waals surface area contributed by atoms with E-state index >= 15 is 0 Å². The van der Waals surface area contributed by atoms with Crippen molar-refractivity contribution >= 4 is 38.8 Å². The number of nitrogens with zero attached hydrogens (tertiary/aromatic N) is 4. The minimum absolute atomic E-state index is 0.129. The van der Waals surface area contributed by atoms with E-state index in [4.69, 9.17) is 16.7 Å². The van der Waals surface area contributed by atoms with Crippen molar-refractivity contribution in [3.8, 4) is 0 Å². The third kappa shape index (κ3) is 3.32. The molecule has 1 aromatic carbocycles. The van der Waals surface area contributed by atoms with Gasteiger partial charge in [-0.25, -0.2) is 14.5 Å². The molecule has 5 rings (SSSR count). The van der Waals surface area contributed by atoms with Gasteiger partial charge in [0, 0.05) is 9.90 Å². The molecule has 0 amide bonds. The van der Waals surface area contributed by atoms with Gasteiger partial charge in [0.2, 0.25) is 0 Å². The zero-order valence-electron chi connectivity index (χ0n) is 14.4. The van der Waals surface area contributed by atoms with Gasteiger partial charge in [0.1, 0.15) is 17.8 Å². The van der Waals surface area contributed by atoms with Crippen molar-refractivity contribution in [1.82, 2.24) is 19.6 Å². The van der Waals surface area contributed by atoms with Crippen LogP contribution in [-0.4, -0.2) is 24.7 Å². The van der Waals surface area contributed by atoms with Gasteiger partial charge in [0.25, 0.3) is 0 Å². The van der Waals surface area contributed by atoms with Gasteiger partial charge in [-0.2, -0.15) is 0 Å². The van der Waals surface area contributed by atoms with Crippen molar-refractivity contribution in [2.45, 2.75) is 39.2 Å². The van der Waals surface area contributed by atoms with E-state index in [0.29, 0.717) is 5.82 Å². The maximum atomic E-state index is 9.14. The van der Waals surface area contributed by atoms with Crippen LogP contribution in [0.2, 0.25) is 5.02 Å². The summed E-state index contributed by atoms with van der Waals surface area (Å²) in [5.74, 6) is 0.458. The largest absolute Gasteiger partial charge is 0.388 e. The monoisotopic (exact) mass is 386 g/mol. The van der Waals surface area contributed by atoms with Crippen LogP contribution in [0.4, 0.5) is 0 Å². The van der Waals surface area contributed by atoms with E-state index in [1.54, 1.807) is 22.2 Å². The smallest absolute Gasteiger partial charge is 0.177 e. The number of aliphatic hydroxyl groups is 1. The van der Waals surface area contributed by atoms with E-state index in [9.17, 15) is 0 Å². The predicted octanol–water partition coefficient (Wildman–Crippen LogP) is 4.36. The first-order valence-corrected chi connectivity index (χ1v) is 9.82. The van der Waals surface area contributed by atoms with Crippen molar-refractivity contribution in [3.63, 3.8) is 0 Å². The lowest BCUT2D eigenvalue weighted by atomic mass is 9.97. The lowest BCUT2D eigenvalue weighted by Crippen LogP contribution is -1.99. The minimum Gasteiger partial charge on any atom is -0.388 e. The van der Waals surface area contributed by atoms with Crippen molar-refractivity contribution < 1.29 is 5.11 Å². The molecule has 0 saturated heterocycles. The van der Waals surface area contributed by atoms with Crippen LogP contribution < -0.4 is 0 Å². The van der Waals surface area contributed by atoms with Crippen molar-refractivity contribution in [1.29, 1.82) is 0 Å². The first kappa shape index (κ1) is 17.4. The molecule has 7 heteroatoms. The van der Waals surface area contributed by atoms with Crippen LogP contribution in [0, 0.1) is 6.92 Å². The summed E-state index contributed by atoms with van der Waals surface area (Å²) in [5, 5.41) is 15.3. The molecule has 0 radical (unpaired) electrons. The molecule has 0 saturated carbocycles. The Bertz CT molecular complexity index is 1030. The molecule has 5 nitrogen and oxygen atoms in total. The number of benzene rings is 1. The number of hydrogen-bond donors (Lipinski definition) is 1. The third-order valence-electron chi connectivity index (χ3n) is 4.49. The number of aromatic nitrogens is 4. The van der Waals surface area contributed by atoms with Gasteiger partial charge in [-0.15, -0.1) is 16.4 Å². The van der Waals surface area contributed by atoms with Crippen LogP contribution >= 0.6 is 22.9 Å². The van der Waals surface area contributed by atoms with Gasteiger partial charge in [0.15, 0.2) is 11.5 Å². The van der Waals surface area contributed by atoms with Gasteiger partial charge in [-0.1, -0.05) is 29.3 Å². The highest BCUT2D eigenvalue weighted by Gasteiger charge is 2.20. The van der Waals surface area contributed by atoms with E-state index in [-0.39, 0.29) is 6.61 Å². The predicted molar refractivity (Wildman–Crippen MR) is 105 cm³/mol. The summed E-state index contributed by atoms with van der Waals surface area (Å²) in [4.78, 5) is 11.4. The summed E-state index contributed by atoms with van der Waals surface area (Å²) in [7, 11) is 0. The van der Waals surface area contributed by atoms with Gasteiger partial charge in [-0.3, -0.25) is 0 Å². The number of halogens is 1. The topological polar surface area (TPSA) is 63.3 Å². The number of aryl methyl sites for hydroxylation is 3. The normalized spacial score (nSPS) is 13.5. The van der Waals surface area contributed by atoms with Crippen LogP contribution in [0.1, 0.15) is 34.7 Å². The number of hydrogen-bond acceptors (Lipinski definition) is 5. The summed E-state index contributed by atoms with van der Waals surface area (Å²) in [5.41, 5.74) is 3.48. The molecule has 3 aromatic heterocycles. The first-order chi connectivity index (χ1) is 12.7. The molecule has 0 fully saturated rings. The molecule has 26 heavy (non-hydrogen) atoms. The zero-order valence-corrected chi connectivity index (χ0v) is 16.0. The fraction of sp³-hybridized carbons (Fsp3) is 0.316. The minimum atomic E-state index is -0.129. The van der Waals surface area contributed by atoms with Crippen LogP contribution in [0.15, 0.2) is 30.6 Å². The Morgan fingerprint density at radius 3 is 2.69 bits per heavy atom. The van der Waals surface area contributed by atoms with E-state index in [2.05, 4.69) is 15.1 Å². The highest BCUT2D eigenvalue weighted by Crippen LogP contribution is 2.36. The molecular weight excluding hydrogens is 368 g/mol. The first-order valence-electron chi connectivity index (χ1n) is 8.63. The van der Waals surface area contributed by atoms with Crippen LogP contribution in [0.25, 0.3) is 15.9 Å². The molecule has 3 heterocycles. The maximum Gasteiger partial charge on any atom is 0.177 e. The van der Waals surface area contributed by atoms with Gasteiger partial charge < -0.3 is 5.11 Å². The van der Waals surface area contributed by atoms with E-state index in [1.807, 2.05) is 31.2 Å². The lowest BCUT2D eigenvalue weighted by Gasteiger charge is -2.09. The standard InChI is InChI=1S/C12H12N4OS.C7H7Cl/c17-5-9-14-11-10-7-3-1-2-4-8(7)18-12(10)13-6-16(11)15-9;1-6-2-4-7(8)5-3-6/h6,17H,1-5H2;2-5H,1H3. The van der Waals surface area contributed by atoms with E-state index in [0.717, 1.165) is 33.7 Å². The second kappa shape index (κ2) is 7.31. The number of aliphatic hydroxyl groups excluding tert-OH is 1. The fourth-order valence-electron chi connectivity index (χ4n) is 3.20. The van der Waals surface area contributed by atoms with Gasteiger partial charge in [0.05, 0.1) is 5.39 Å². The average Bonchev–Trinajstić information content (AvgIpc) is 3.24. The van der Waals surface area contributed by atoms with E-state index < -0.39 is 0 Å². The SMILES string of the molecule is Cc1ccc(Cl)cc1.OCc1nc2c3c4c(sc3ncn2n1)CCCC4. The number of fused-ring (bicyclic) bond motifs is 5. The number of thiophene rings is 1. The Kier molecular flexibility index (Phi) is 4.89. The van der Waals surface area contributed by atoms with Gasteiger partial charge in [-0.05, 0) is 50.3 Å². The third-order valence-corrected chi connectivity index (χ3v) is 5.94. The molecule has 134 valence electrons. The molecule has 1 N–H and O–H groups in total. The van der Waals surface area contributed by atoms with Crippen molar-refractivity contribution in [3.05, 3.63) is 57.4 Å². The second-order valence-electron chi connectivity index (χ2n) is 6.39. The van der Waals surface area contributed by atoms with E-state index in [1.165, 1.54) is 28.8 Å². The van der Waals surface area contributed by atoms with Crippen LogP contribution in [0.5, 0.6) is 0 Å². The second-order valence-corrected chi connectivity index (χ2v) is 7.91. The maximum absolute atomic E-state index is 9.14. The molecule has 0 aliphatic heterocycles. The highest BCUT2D eigenvalue weighted by molar-refractivity contribution is 7.19. The Hall–Kier alpha value is -2.02. The highest BCUT2D eigenvalue weighted by atomic mass is 35.5. The Balaban J connectivity index is 0.000000178. The molecule has 0 bridgehead atoms. The Labute approximate surface area is 160 Å². The Morgan fingerprint density at radius 1 is 1.19 bits per heavy atom. The molecular formula is C19H19ClN4OS. The summed E-state index contributed by atoms with van der Waals surface area (Å²) >= 11 is 7.39. The fourth-order valence-corrected chi connectivity index (χ4v) is 4.55. The van der Waals surface area contributed by atoms with Crippen LogP contribution in [0.3, 0.4) is 0 Å².